The average Bonchev–Trinajstić information content (AvgIpc) is 3.00. The Morgan fingerprint density at radius 2 is 1.68 bits per heavy atom. The van der Waals surface area contributed by atoms with Crippen LogP contribution >= 0.6 is 0 Å². The van der Waals surface area contributed by atoms with Crippen LogP contribution in [-0.2, 0) is 6.18 Å². The topological polar surface area (TPSA) is 51.6 Å². The van der Waals surface area contributed by atoms with Gasteiger partial charge in [0.25, 0.3) is 0 Å². The second-order valence-electron chi connectivity index (χ2n) is 7.79. The van der Waals surface area contributed by atoms with Crippen LogP contribution in [0.1, 0.15) is 43.2 Å². The lowest BCUT2D eigenvalue weighted by Gasteiger charge is -2.29. The normalized spacial score (nSPS) is 16.1. The molecule has 0 amide bonds. The van der Waals surface area contributed by atoms with Crippen molar-refractivity contribution < 1.29 is 22.7 Å². The summed E-state index contributed by atoms with van der Waals surface area (Å²) in [7, 11) is 0. The fourth-order valence-electron chi connectivity index (χ4n) is 4.04. The third-order valence-corrected chi connectivity index (χ3v) is 5.60. The van der Waals surface area contributed by atoms with E-state index in [4.69, 9.17) is 0 Å². The molecule has 4 rings (SSSR count). The molecule has 0 saturated carbocycles. The van der Waals surface area contributed by atoms with Crippen molar-refractivity contribution >= 4 is 28.5 Å². The van der Waals surface area contributed by atoms with Crippen LogP contribution in [-0.4, -0.2) is 29.4 Å². The van der Waals surface area contributed by atoms with Gasteiger partial charge in [-0.15, -0.1) is 0 Å². The Morgan fingerprint density at radius 3 is 2.39 bits per heavy atom. The van der Waals surface area contributed by atoms with E-state index in [2.05, 4.69) is 9.98 Å². The largest absolute Gasteiger partial charge is 0.494 e. The highest BCUT2D eigenvalue weighted by atomic mass is 19.4. The van der Waals surface area contributed by atoms with Crippen LogP contribution in [0.3, 0.4) is 0 Å². The molecule has 8 heteroatoms. The molecule has 2 aromatic carbocycles. The molecule has 0 spiro atoms. The summed E-state index contributed by atoms with van der Waals surface area (Å²) in [5.41, 5.74) is 0.273. The molecule has 0 unspecified atom stereocenters. The van der Waals surface area contributed by atoms with Gasteiger partial charge in [0.2, 0.25) is 0 Å². The molecule has 0 aliphatic carbocycles. The molecule has 2 N–H and O–H groups in total. The van der Waals surface area contributed by atoms with Crippen molar-refractivity contribution in [1.29, 1.82) is 0 Å². The predicted molar refractivity (Wildman–Crippen MR) is 114 cm³/mol. The molecule has 1 saturated heterocycles. The fraction of sp³-hybridized carbons (Fsp3) is 0.348. The van der Waals surface area contributed by atoms with E-state index in [0.717, 1.165) is 38.2 Å². The number of benzene rings is 2. The van der Waals surface area contributed by atoms with Crippen LogP contribution < -0.4 is 4.90 Å². The highest BCUT2D eigenvalue weighted by molar-refractivity contribution is 6.02. The Hall–Kier alpha value is -3.03. The molecule has 164 valence electrons. The molecule has 3 aromatic rings. The first-order chi connectivity index (χ1) is 14.8. The number of aromatic hydroxyl groups is 1. The van der Waals surface area contributed by atoms with Crippen molar-refractivity contribution in [2.24, 2.45) is 4.99 Å². The minimum atomic E-state index is -4.52. The number of hydrogen-bond donors (Lipinski definition) is 2. The second-order valence-corrected chi connectivity index (χ2v) is 7.79. The van der Waals surface area contributed by atoms with E-state index < -0.39 is 17.6 Å². The fourth-order valence-corrected chi connectivity index (χ4v) is 4.04. The van der Waals surface area contributed by atoms with Crippen LogP contribution in [0.2, 0.25) is 0 Å². The highest BCUT2D eigenvalue weighted by Crippen LogP contribution is 2.39. The highest BCUT2D eigenvalue weighted by Gasteiger charge is 2.35. The number of aromatic amines is 1. The van der Waals surface area contributed by atoms with E-state index in [1.165, 1.54) is 36.5 Å². The third kappa shape index (κ3) is 4.68. The first-order valence-electron chi connectivity index (χ1n) is 10.3. The van der Waals surface area contributed by atoms with E-state index in [9.17, 15) is 22.7 Å². The number of nitrogens with one attached hydrogen (secondary N) is 1. The van der Waals surface area contributed by atoms with Crippen molar-refractivity contribution in [2.75, 3.05) is 18.0 Å². The summed E-state index contributed by atoms with van der Waals surface area (Å²) in [5, 5.41) is 10.5. The van der Waals surface area contributed by atoms with Gasteiger partial charge in [0.1, 0.15) is 5.82 Å². The SMILES string of the molecule is Oc1[nH]c2ccc(F)cc2c1C=Nc1ccc(N2CCCCCCC2)c(C(F)(F)F)c1. The van der Waals surface area contributed by atoms with Crippen LogP contribution in [0.15, 0.2) is 41.4 Å². The number of rotatable bonds is 3. The Bertz CT molecular complexity index is 1100. The lowest BCUT2D eigenvalue weighted by molar-refractivity contribution is -0.137. The molecule has 0 bridgehead atoms. The molecule has 1 fully saturated rings. The van der Waals surface area contributed by atoms with E-state index >= 15 is 0 Å². The van der Waals surface area contributed by atoms with Gasteiger partial charge in [-0.3, -0.25) is 4.99 Å². The summed E-state index contributed by atoms with van der Waals surface area (Å²) >= 11 is 0. The van der Waals surface area contributed by atoms with Gasteiger partial charge in [0.15, 0.2) is 5.88 Å². The maximum atomic E-state index is 13.8. The molecule has 4 nitrogen and oxygen atoms in total. The van der Waals surface area contributed by atoms with E-state index in [0.29, 0.717) is 24.0 Å². The number of alkyl halides is 3. The summed E-state index contributed by atoms with van der Waals surface area (Å²) in [5.74, 6) is -0.712. The first kappa shape index (κ1) is 21.2. The molecule has 0 radical (unpaired) electrons. The van der Waals surface area contributed by atoms with Gasteiger partial charge >= 0.3 is 6.18 Å². The Balaban J connectivity index is 1.68. The van der Waals surface area contributed by atoms with Gasteiger partial charge in [-0.2, -0.15) is 13.2 Å². The summed E-state index contributed by atoms with van der Waals surface area (Å²) < 4.78 is 55.1. The van der Waals surface area contributed by atoms with Crippen LogP contribution in [0, 0.1) is 5.82 Å². The van der Waals surface area contributed by atoms with Crippen molar-refractivity contribution in [3.63, 3.8) is 0 Å². The van der Waals surface area contributed by atoms with Crippen LogP contribution in [0.25, 0.3) is 10.9 Å². The maximum Gasteiger partial charge on any atom is 0.418 e. The van der Waals surface area contributed by atoms with Crippen LogP contribution in [0.4, 0.5) is 28.9 Å². The Labute approximate surface area is 177 Å². The van der Waals surface area contributed by atoms with Gasteiger partial charge < -0.3 is 15.0 Å². The number of hydrogen-bond acceptors (Lipinski definition) is 3. The van der Waals surface area contributed by atoms with Gasteiger partial charge in [-0.05, 0) is 49.2 Å². The summed E-state index contributed by atoms with van der Waals surface area (Å²) in [6.07, 6.45) is 1.64. The molecule has 1 aliphatic heterocycles. The van der Waals surface area contributed by atoms with Gasteiger partial charge in [0, 0.05) is 35.9 Å². The lowest BCUT2D eigenvalue weighted by atomic mass is 10.1. The van der Waals surface area contributed by atoms with Gasteiger partial charge in [0.05, 0.1) is 16.8 Å². The lowest BCUT2D eigenvalue weighted by Crippen LogP contribution is -2.29. The molecule has 1 aromatic heterocycles. The molecule has 1 aliphatic rings. The minimum Gasteiger partial charge on any atom is -0.494 e. The number of fused-ring (bicyclic) bond motifs is 1. The number of anilines is 1. The Kier molecular flexibility index (Phi) is 5.89. The molecule has 31 heavy (non-hydrogen) atoms. The number of H-pyrrole nitrogens is 1. The zero-order valence-electron chi connectivity index (χ0n) is 16.8. The van der Waals surface area contributed by atoms with Crippen molar-refractivity contribution in [1.82, 2.24) is 4.98 Å². The third-order valence-electron chi connectivity index (χ3n) is 5.60. The van der Waals surface area contributed by atoms with Crippen molar-refractivity contribution in [2.45, 2.75) is 38.3 Å². The first-order valence-corrected chi connectivity index (χ1v) is 10.3. The zero-order chi connectivity index (χ0) is 22.0. The summed E-state index contributed by atoms with van der Waals surface area (Å²) in [6, 6.07) is 7.98. The Morgan fingerprint density at radius 1 is 0.968 bits per heavy atom. The zero-order valence-corrected chi connectivity index (χ0v) is 16.8. The standard InChI is InChI=1S/C23H23F4N3O/c24-15-6-8-20-17(12-15)18(22(31)29-20)14-28-16-7-9-21(19(13-16)23(25,26)27)30-10-4-2-1-3-5-11-30/h6-9,12-14,29,31H,1-5,10-11H2. The number of aromatic nitrogens is 1. The van der Waals surface area contributed by atoms with Crippen molar-refractivity contribution in [3.8, 4) is 5.88 Å². The maximum absolute atomic E-state index is 13.8. The quantitative estimate of drug-likeness (QED) is 0.363. The van der Waals surface area contributed by atoms with Crippen LogP contribution in [0.5, 0.6) is 5.88 Å². The minimum absolute atomic E-state index is 0.105. The molecule has 2 heterocycles. The van der Waals surface area contributed by atoms with E-state index in [1.54, 1.807) is 0 Å². The van der Waals surface area contributed by atoms with Crippen molar-refractivity contribution in [3.05, 3.63) is 53.3 Å². The van der Waals surface area contributed by atoms with E-state index in [1.807, 2.05) is 4.90 Å². The van der Waals surface area contributed by atoms with Gasteiger partial charge in [-0.25, -0.2) is 4.39 Å². The van der Waals surface area contributed by atoms with E-state index in [-0.39, 0.29) is 22.8 Å². The molecule has 0 atom stereocenters. The average molecular weight is 433 g/mol. The number of halogens is 4. The summed E-state index contributed by atoms with van der Waals surface area (Å²) in [6.45, 7) is 1.20. The summed E-state index contributed by atoms with van der Waals surface area (Å²) in [4.78, 5) is 8.65. The van der Waals surface area contributed by atoms with Gasteiger partial charge in [-0.1, -0.05) is 19.3 Å². The molecular formula is C23H23F4N3O. The predicted octanol–water partition coefficient (Wildman–Crippen LogP) is 6.55. The molecular weight excluding hydrogens is 410 g/mol. The number of aliphatic imine (C=N–C) groups is 1. The smallest absolute Gasteiger partial charge is 0.418 e. The second kappa shape index (κ2) is 8.61. The monoisotopic (exact) mass is 433 g/mol. The number of nitrogens with zero attached hydrogens (tertiary/aromatic N) is 2.